The number of carbonyl (C=O) groups is 1. The van der Waals surface area contributed by atoms with Crippen LogP contribution in [-0.4, -0.2) is 39.2 Å². The Hall–Kier alpha value is -2.19. The molecule has 0 saturated carbocycles. The Labute approximate surface area is 149 Å². The number of benzene rings is 1. The highest BCUT2D eigenvalue weighted by Gasteiger charge is 2.27. The first-order valence-corrected chi connectivity index (χ1v) is 9.61. The van der Waals surface area contributed by atoms with Gasteiger partial charge < -0.3 is 4.90 Å². The summed E-state index contributed by atoms with van der Waals surface area (Å²) in [6, 6.07) is 7.02. The van der Waals surface area contributed by atoms with Gasteiger partial charge in [0.05, 0.1) is 6.26 Å². The van der Waals surface area contributed by atoms with E-state index in [0.717, 1.165) is 16.1 Å². The van der Waals surface area contributed by atoms with Crippen molar-refractivity contribution in [3.8, 4) is 0 Å². The molecule has 0 N–H and O–H groups in total. The van der Waals surface area contributed by atoms with Crippen molar-refractivity contribution in [1.29, 1.82) is 0 Å². The molecule has 1 aromatic heterocycles. The minimum atomic E-state index is -3.54. The summed E-state index contributed by atoms with van der Waals surface area (Å²) in [5.41, 5.74) is 1.60. The molecule has 6 nitrogen and oxygen atoms in total. The van der Waals surface area contributed by atoms with Crippen LogP contribution in [0.3, 0.4) is 0 Å². The number of hydrogen-bond donors (Lipinski definition) is 0. The summed E-state index contributed by atoms with van der Waals surface area (Å²) >= 11 is 5.96. The summed E-state index contributed by atoms with van der Waals surface area (Å²) in [4.78, 5) is 18.3. The average molecular weight is 384 g/mol. The molecule has 0 bridgehead atoms. The molecule has 0 saturated heterocycles. The third-order valence-corrected chi connectivity index (χ3v) is 5.41. The van der Waals surface area contributed by atoms with Crippen LogP contribution in [0.2, 0.25) is 5.15 Å². The lowest BCUT2D eigenvalue weighted by Gasteiger charge is -2.20. The predicted octanol–water partition coefficient (Wildman–Crippen LogP) is 2.47. The van der Waals surface area contributed by atoms with Crippen molar-refractivity contribution >= 4 is 39.0 Å². The van der Waals surface area contributed by atoms with Gasteiger partial charge in [0.2, 0.25) is 10.0 Å². The number of sulfonamides is 1. The van der Waals surface area contributed by atoms with E-state index in [1.807, 2.05) is 0 Å². The smallest absolute Gasteiger partial charge is 0.258 e. The average Bonchev–Trinajstić information content (AvgIpc) is 2.94. The predicted molar refractivity (Wildman–Crippen MR) is 94.3 cm³/mol. The zero-order valence-corrected chi connectivity index (χ0v) is 15.1. The number of amides is 1. The van der Waals surface area contributed by atoms with Gasteiger partial charge in [0.25, 0.3) is 5.91 Å². The molecule has 1 aliphatic heterocycles. The number of carbonyl (C=O) groups excluding carboxylic acids is 1. The topological polar surface area (TPSA) is 70.6 Å². The fraction of sp³-hybridized carbons (Fsp3) is 0.250. The minimum absolute atomic E-state index is 0.00914. The third kappa shape index (κ3) is 3.45. The first-order valence-electron chi connectivity index (χ1n) is 7.38. The van der Waals surface area contributed by atoms with Crippen LogP contribution < -0.4 is 9.21 Å². The van der Waals surface area contributed by atoms with E-state index < -0.39 is 10.0 Å². The zero-order chi connectivity index (χ0) is 18.4. The highest BCUT2D eigenvalue weighted by atomic mass is 35.5. The lowest BCUT2D eigenvalue weighted by molar-refractivity contribution is 0.0989. The Kier molecular flexibility index (Phi) is 4.42. The molecule has 0 spiro atoms. The van der Waals surface area contributed by atoms with Crippen molar-refractivity contribution in [3.63, 3.8) is 0 Å². The van der Waals surface area contributed by atoms with Crippen LogP contribution in [0, 0.1) is 5.82 Å². The van der Waals surface area contributed by atoms with Crippen molar-refractivity contribution in [2.24, 2.45) is 0 Å². The highest BCUT2D eigenvalue weighted by Crippen LogP contribution is 2.30. The first-order chi connectivity index (χ1) is 11.7. The lowest BCUT2D eigenvalue weighted by atomic mass is 10.1. The second-order valence-corrected chi connectivity index (χ2v) is 8.15. The maximum Gasteiger partial charge on any atom is 0.258 e. The number of nitrogens with zero attached hydrogens (tertiary/aromatic N) is 3. The summed E-state index contributed by atoms with van der Waals surface area (Å²) in [5.74, 6) is -0.647. The summed E-state index contributed by atoms with van der Waals surface area (Å²) < 4.78 is 37.7. The molecule has 0 aliphatic carbocycles. The van der Waals surface area contributed by atoms with Crippen LogP contribution in [0.1, 0.15) is 15.9 Å². The van der Waals surface area contributed by atoms with Gasteiger partial charge >= 0.3 is 0 Å². The van der Waals surface area contributed by atoms with Crippen LogP contribution >= 0.6 is 11.6 Å². The minimum Gasteiger partial charge on any atom is -0.308 e. The summed E-state index contributed by atoms with van der Waals surface area (Å²) in [6.45, 7) is 0.412. The van der Waals surface area contributed by atoms with Crippen LogP contribution in [0.15, 0.2) is 30.3 Å². The van der Waals surface area contributed by atoms with E-state index in [0.29, 0.717) is 18.7 Å². The quantitative estimate of drug-likeness (QED) is 0.763. The molecule has 9 heteroatoms. The van der Waals surface area contributed by atoms with E-state index in [4.69, 9.17) is 11.6 Å². The Morgan fingerprint density at radius 2 is 2.04 bits per heavy atom. The maximum absolute atomic E-state index is 13.3. The number of aromatic nitrogens is 1. The number of fused-ring (bicyclic) bond motifs is 1. The molecular formula is C16H15ClFN3O3S. The number of halogens is 2. The summed E-state index contributed by atoms with van der Waals surface area (Å²) in [6.07, 6.45) is 1.58. The molecule has 0 atom stereocenters. The van der Waals surface area contributed by atoms with Crippen molar-refractivity contribution in [2.75, 3.05) is 29.1 Å². The molecule has 1 aromatic carbocycles. The van der Waals surface area contributed by atoms with Crippen LogP contribution in [0.25, 0.3) is 0 Å². The van der Waals surface area contributed by atoms with Gasteiger partial charge in [0.15, 0.2) is 0 Å². The molecule has 2 heterocycles. The van der Waals surface area contributed by atoms with Crippen LogP contribution in [-0.2, 0) is 16.4 Å². The van der Waals surface area contributed by atoms with Crippen LogP contribution in [0.4, 0.5) is 15.9 Å². The summed E-state index contributed by atoms with van der Waals surface area (Å²) in [5, 5.41) is 0.00914. The molecule has 1 aliphatic rings. The molecule has 0 unspecified atom stereocenters. The molecule has 3 rings (SSSR count). The van der Waals surface area contributed by atoms with Crippen molar-refractivity contribution in [1.82, 2.24) is 4.98 Å². The van der Waals surface area contributed by atoms with Gasteiger partial charge in [-0.3, -0.25) is 9.10 Å². The van der Waals surface area contributed by atoms with E-state index in [-0.39, 0.29) is 28.3 Å². The van der Waals surface area contributed by atoms with E-state index >= 15 is 0 Å². The van der Waals surface area contributed by atoms with Gasteiger partial charge in [-0.1, -0.05) is 11.6 Å². The molecule has 132 valence electrons. The Morgan fingerprint density at radius 3 is 2.72 bits per heavy atom. The van der Waals surface area contributed by atoms with Gasteiger partial charge in [-0.2, -0.15) is 0 Å². The van der Waals surface area contributed by atoms with Crippen LogP contribution in [0.5, 0.6) is 0 Å². The normalized spacial score (nSPS) is 13.7. The zero-order valence-electron chi connectivity index (χ0n) is 13.5. The molecular weight excluding hydrogens is 369 g/mol. The van der Waals surface area contributed by atoms with Gasteiger partial charge in [-0.15, -0.1) is 0 Å². The lowest BCUT2D eigenvalue weighted by Crippen LogP contribution is -2.30. The third-order valence-electron chi connectivity index (χ3n) is 4.03. The molecule has 2 aromatic rings. The largest absolute Gasteiger partial charge is 0.308 e. The standard InChI is InChI=1S/C16H15ClFN3O3S/c1-20(25(2,23)24)15-9-11(8-14(17)19-15)16(22)21-6-5-10-7-12(18)3-4-13(10)21/h3-4,7-9H,5-6H2,1-2H3. The second-order valence-electron chi connectivity index (χ2n) is 5.75. The second kappa shape index (κ2) is 6.27. The van der Waals surface area contributed by atoms with E-state index in [1.165, 1.54) is 36.2 Å². The van der Waals surface area contributed by atoms with Crippen molar-refractivity contribution < 1.29 is 17.6 Å². The Bertz CT molecular complexity index is 965. The Balaban J connectivity index is 1.98. The van der Waals surface area contributed by atoms with Crippen molar-refractivity contribution in [2.45, 2.75) is 6.42 Å². The van der Waals surface area contributed by atoms with E-state index in [9.17, 15) is 17.6 Å². The number of hydrogen-bond acceptors (Lipinski definition) is 4. The summed E-state index contributed by atoms with van der Waals surface area (Å²) in [7, 11) is -2.21. The van der Waals surface area contributed by atoms with Crippen molar-refractivity contribution in [3.05, 3.63) is 52.4 Å². The number of anilines is 2. The fourth-order valence-electron chi connectivity index (χ4n) is 2.67. The van der Waals surface area contributed by atoms with Gasteiger partial charge in [-0.25, -0.2) is 17.8 Å². The monoisotopic (exact) mass is 383 g/mol. The van der Waals surface area contributed by atoms with E-state index in [2.05, 4.69) is 4.98 Å². The van der Waals surface area contributed by atoms with Gasteiger partial charge in [0.1, 0.15) is 16.8 Å². The molecule has 0 radical (unpaired) electrons. The number of pyridine rings is 1. The fourth-order valence-corrected chi connectivity index (χ4v) is 3.31. The van der Waals surface area contributed by atoms with Gasteiger partial charge in [-0.05, 0) is 42.3 Å². The molecule has 0 fully saturated rings. The molecule has 25 heavy (non-hydrogen) atoms. The SMILES string of the molecule is CN(c1cc(C(=O)N2CCc3cc(F)ccc32)cc(Cl)n1)S(C)(=O)=O. The van der Waals surface area contributed by atoms with E-state index in [1.54, 1.807) is 6.07 Å². The van der Waals surface area contributed by atoms with Gasteiger partial charge in [0, 0.05) is 24.8 Å². The maximum atomic E-state index is 13.3. The molecule has 1 amide bonds. The highest BCUT2D eigenvalue weighted by molar-refractivity contribution is 7.92. The Morgan fingerprint density at radius 1 is 1.32 bits per heavy atom. The first kappa shape index (κ1) is 17.6. The number of rotatable bonds is 3.